The molecular formula is C17H25N3O. The molecule has 114 valence electrons. The Morgan fingerprint density at radius 2 is 2.05 bits per heavy atom. The van der Waals surface area contributed by atoms with E-state index in [9.17, 15) is 0 Å². The van der Waals surface area contributed by atoms with Gasteiger partial charge in [-0.1, -0.05) is 25.1 Å². The van der Waals surface area contributed by atoms with Crippen molar-refractivity contribution in [3.63, 3.8) is 0 Å². The molecule has 4 heteroatoms. The molecule has 1 unspecified atom stereocenters. The maximum Gasteiger partial charge on any atom is 0.122 e. The number of aromatic nitrogens is 2. The molecule has 1 aromatic carbocycles. The summed E-state index contributed by atoms with van der Waals surface area (Å²) in [5, 5.41) is 8.06. The van der Waals surface area contributed by atoms with E-state index in [-0.39, 0.29) is 6.04 Å². The van der Waals surface area contributed by atoms with Crippen LogP contribution in [0.1, 0.15) is 36.8 Å². The first-order valence-electron chi connectivity index (χ1n) is 7.59. The number of rotatable bonds is 7. The van der Waals surface area contributed by atoms with Crippen LogP contribution >= 0.6 is 0 Å². The highest BCUT2D eigenvalue weighted by Crippen LogP contribution is 2.25. The van der Waals surface area contributed by atoms with Crippen molar-refractivity contribution in [2.45, 2.75) is 39.3 Å². The first-order valence-corrected chi connectivity index (χ1v) is 7.59. The van der Waals surface area contributed by atoms with Crippen molar-refractivity contribution in [2.24, 2.45) is 0 Å². The van der Waals surface area contributed by atoms with Crippen LogP contribution in [0.5, 0.6) is 5.75 Å². The minimum atomic E-state index is 0.231. The molecule has 0 saturated carbocycles. The quantitative estimate of drug-likeness (QED) is 0.851. The number of ether oxygens (including phenoxy) is 1. The zero-order chi connectivity index (χ0) is 15.2. The first-order chi connectivity index (χ1) is 10.2. The highest BCUT2D eigenvalue weighted by Gasteiger charge is 2.18. The molecule has 1 heterocycles. The average Bonchev–Trinajstić information content (AvgIpc) is 2.96. The van der Waals surface area contributed by atoms with Crippen LogP contribution in [-0.2, 0) is 19.4 Å². The van der Waals surface area contributed by atoms with Crippen LogP contribution in [0.2, 0.25) is 0 Å². The van der Waals surface area contributed by atoms with E-state index in [1.54, 1.807) is 7.11 Å². The van der Waals surface area contributed by atoms with Gasteiger partial charge in [0.15, 0.2) is 0 Å². The second-order valence-corrected chi connectivity index (χ2v) is 5.09. The third kappa shape index (κ3) is 3.45. The van der Waals surface area contributed by atoms with Crippen LogP contribution in [0.25, 0.3) is 0 Å². The lowest BCUT2D eigenvalue weighted by Crippen LogP contribution is -2.22. The molecule has 2 aromatic rings. The number of aryl methyl sites for hydroxylation is 2. The van der Waals surface area contributed by atoms with Crippen LogP contribution in [0.15, 0.2) is 30.3 Å². The lowest BCUT2D eigenvalue weighted by atomic mass is 10.0. The Morgan fingerprint density at radius 3 is 2.67 bits per heavy atom. The predicted molar refractivity (Wildman–Crippen MR) is 85.8 cm³/mol. The number of hydrogen-bond donors (Lipinski definition) is 1. The van der Waals surface area contributed by atoms with E-state index in [1.807, 2.05) is 19.2 Å². The molecular weight excluding hydrogens is 262 g/mol. The second-order valence-electron chi connectivity index (χ2n) is 5.09. The smallest absolute Gasteiger partial charge is 0.122 e. The lowest BCUT2D eigenvalue weighted by molar-refractivity contribution is 0.405. The predicted octanol–water partition coefficient (Wildman–Crippen LogP) is 2.98. The number of nitrogens with zero attached hydrogens (tertiary/aromatic N) is 2. The van der Waals surface area contributed by atoms with Gasteiger partial charge in [-0.25, -0.2) is 0 Å². The standard InChI is InChI=1S/C17H25N3O/c1-5-14-12-16(20(6-2)19-14)15(18-3)11-13-9-7-8-10-17(13)21-4/h7-10,12,15,18H,5-6,11H2,1-4H3. The summed E-state index contributed by atoms with van der Waals surface area (Å²) in [5.74, 6) is 0.941. The van der Waals surface area contributed by atoms with Gasteiger partial charge in [-0.15, -0.1) is 0 Å². The van der Waals surface area contributed by atoms with E-state index in [1.165, 1.54) is 11.3 Å². The lowest BCUT2D eigenvalue weighted by Gasteiger charge is -2.19. The summed E-state index contributed by atoms with van der Waals surface area (Å²) in [6.45, 7) is 5.16. The van der Waals surface area contributed by atoms with Crippen molar-refractivity contribution in [3.05, 3.63) is 47.3 Å². The highest BCUT2D eigenvalue weighted by atomic mass is 16.5. The van der Waals surface area contributed by atoms with Crippen molar-refractivity contribution >= 4 is 0 Å². The van der Waals surface area contributed by atoms with Crippen LogP contribution < -0.4 is 10.1 Å². The summed E-state index contributed by atoms with van der Waals surface area (Å²) in [6.07, 6.45) is 1.85. The number of hydrogen-bond acceptors (Lipinski definition) is 3. The fourth-order valence-corrected chi connectivity index (χ4v) is 2.64. The third-order valence-electron chi connectivity index (χ3n) is 3.85. The Labute approximate surface area is 127 Å². The van der Waals surface area contributed by atoms with Gasteiger partial charge >= 0.3 is 0 Å². The van der Waals surface area contributed by atoms with Gasteiger partial charge < -0.3 is 10.1 Å². The van der Waals surface area contributed by atoms with Crippen LogP contribution in [-0.4, -0.2) is 23.9 Å². The third-order valence-corrected chi connectivity index (χ3v) is 3.85. The molecule has 0 bridgehead atoms. The molecule has 2 rings (SSSR count). The topological polar surface area (TPSA) is 39.1 Å². The molecule has 21 heavy (non-hydrogen) atoms. The van der Waals surface area contributed by atoms with E-state index in [0.29, 0.717) is 0 Å². The monoisotopic (exact) mass is 287 g/mol. The van der Waals surface area contributed by atoms with Gasteiger partial charge in [-0.05, 0) is 44.5 Å². The maximum absolute atomic E-state index is 5.46. The van der Waals surface area contributed by atoms with Gasteiger partial charge in [0.1, 0.15) is 5.75 Å². The number of nitrogens with one attached hydrogen (secondary N) is 1. The number of methoxy groups -OCH3 is 1. The Bertz CT molecular complexity index is 577. The summed E-state index contributed by atoms with van der Waals surface area (Å²) in [6, 6.07) is 10.6. The van der Waals surface area contributed by atoms with Crippen molar-refractivity contribution in [1.29, 1.82) is 0 Å². The van der Waals surface area contributed by atoms with Crippen molar-refractivity contribution < 1.29 is 4.74 Å². The Balaban J connectivity index is 2.29. The maximum atomic E-state index is 5.46. The fraction of sp³-hybridized carbons (Fsp3) is 0.471. The number of para-hydroxylation sites is 1. The second kappa shape index (κ2) is 7.27. The summed E-state index contributed by atoms with van der Waals surface area (Å²) in [4.78, 5) is 0. The van der Waals surface area contributed by atoms with Gasteiger partial charge in [0.25, 0.3) is 0 Å². The summed E-state index contributed by atoms with van der Waals surface area (Å²) < 4.78 is 7.55. The van der Waals surface area contributed by atoms with Gasteiger partial charge in [-0.3, -0.25) is 4.68 Å². The fourth-order valence-electron chi connectivity index (χ4n) is 2.64. The SMILES string of the molecule is CCc1cc(C(Cc2ccccc2OC)NC)n(CC)n1. The Morgan fingerprint density at radius 1 is 1.29 bits per heavy atom. The average molecular weight is 287 g/mol. The van der Waals surface area contributed by atoms with E-state index >= 15 is 0 Å². The van der Waals surface area contributed by atoms with Crippen LogP contribution in [0.3, 0.4) is 0 Å². The molecule has 0 radical (unpaired) electrons. The molecule has 0 saturated heterocycles. The molecule has 0 amide bonds. The summed E-state index contributed by atoms with van der Waals surface area (Å²) >= 11 is 0. The summed E-state index contributed by atoms with van der Waals surface area (Å²) in [7, 11) is 3.72. The Kier molecular flexibility index (Phi) is 5.39. The molecule has 0 aliphatic rings. The van der Waals surface area contributed by atoms with E-state index in [0.717, 1.165) is 30.8 Å². The number of benzene rings is 1. The van der Waals surface area contributed by atoms with Gasteiger partial charge in [0.05, 0.1) is 24.5 Å². The van der Waals surface area contributed by atoms with Crippen molar-refractivity contribution in [1.82, 2.24) is 15.1 Å². The zero-order valence-electron chi connectivity index (χ0n) is 13.4. The van der Waals surface area contributed by atoms with E-state index < -0.39 is 0 Å². The molecule has 0 aliphatic heterocycles. The number of likely N-dealkylation sites (N-methyl/N-ethyl adjacent to an activating group) is 1. The molecule has 1 atom stereocenters. The highest BCUT2D eigenvalue weighted by molar-refractivity contribution is 5.34. The minimum Gasteiger partial charge on any atom is -0.496 e. The normalized spacial score (nSPS) is 12.4. The van der Waals surface area contributed by atoms with Gasteiger partial charge in [-0.2, -0.15) is 5.10 Å². The van der Waals surface area contributed by atoms with Crippen molar-refractivity contribution in [3.8, 4) is 5.75 Å². The van der Waals surface area contributed by atoms with Crippen LogP contribution in [0.4, 0.5) is 0 Å². The molecule has 0 fully saturated rings. The van der Waals surface area contributed by atoms with Crippen LogP contribution in [0, 0.1) is 0 Å². The molecule has 1 N–H and O–H groups in total. The minimum absolute atomic E-state index is 0.231. The largest absolute Gasteiger partial charge is 0.496 e. The van der Waals surface area contributed by atoms with Crippen molar-refractivity contribution in [2.75, 3.05) is 14.2 Å². The van der Waals surface area contributed by atoms with Gasteiger partial charge in [0.2, 0.25) is 0 Å². The first kappa shape index (κ1) is 15.6. The van der Waals surface area contributed by atoms with Gasteiger partial charge in [0, 0.05) is 6.54 Å². The summed E-state index contributed by atoms with van der Waals surface area (Å²) in [5.41, 5.74) is 3.59. The Hall–Kier alpha value is -1.81. The van der Waals surface area contributed by atoms with E-state index in [4.69, 9.17) is 4.74 Å². The van der Waals surface area contributed by atoms with E-state index in [2.05, 4.69) is 47.1 Å². The molecule has 1 aromatic heterocycles. The molecule has 4 nitrogen and oxygen atoms in total. The molecule has 0 aliphatic carbocycles. The molecule has 0 spiro atoms. The zero-order valence-corrected chi connectivity index (χ0v) is 13.4.